The van der Waals surface area contributed by atoms with E-state index >= 15 is 0 Å². The van der Waals surface area contributed by atoms with Crippen LogP contribution in [0.1, 0.15) is 42.3 Å². The molecular formula is C30H36ClN5OS. The summed E-state index contributed by atoms with van der Waals surface area (Å²) in [5.41, 5.74) is 3.00. The van der Waals surface area contributed by atoms with Crippen LogP contribution in [0.2, 0.25) is 5.15 Å². The molecule has 0 bridgehead atoms. The fraction of sp³-hybridized carbons (Fsp3) is 0.367. The van der Waals surface area contributed by atoms with Crippen LogP contribution in [-0.4, -0.2) is 59.5 Å². The van der Waals surface area contributed by atoms with Crippen LogP contribution in [0.5, 0.6) is 0 Å². The van der Waals surface area contributed by atoms with Crippen molar-refractivity contribution in [2.24, 2.45) is 5.92 Å². The van der Waals surface area contributed by atoms with Gasteiger partial charge in [-0.15, -0.1) is 0 Å². The SMILES string of the molecule is CC(C)C(C)NC(=O)c1ccc(CSc2nc(Cl)cc(N3CCN(CC=Cc4ccccc4)CC3)n2)cc1. The third-order valence-corrected chi connectivity index (χ3v) is 7.89. The molecule has 1 unspecified atom stereocenters. The van der Waals surface area contributed by atoms with Crippen molar-refractivity contribution < 1.29 is 4.79 Å². The van der Waals surface area contributed by atoms with Crippen molar-refractivity contribution in [3.05, 3.63) is 88.6 Å². The molecule has 0 spiro atoms. The number of hydrogen-bond acceptors (Lipinski definition) is 6. The summed E-state index contributed by atoms with van der Waals surface area (Å²) in [5.74, 6) is 1.92. The summed E-state index contributed by atoms with van der Waals surface area (Å²) < 4.78 is 0. The van der Waals surface area contributed by atoms with Crippen LogP contribution >= 0.6 is 23.4 Å². The Morgan fingerprint density at radius 1 is 1.03 bits per heavy atom. The van der Waals surface area contributed by atoms with Gasteiger partial charge in [0.15, 0.2) is 5.16 Å². The third-order valence-electron chi connectivity index (χ3n) is 6.77. The molecule has 38 heavy (non-hydrogen) atoms. The van der Waals surface area contributed by atoms with Crippen molar-refractivity contribution in [3.63, 3.8) is 0 Å². The number of carbonyl (C=O) groups excluding carboxylic acids is 1. The van der Waals surface area contributed by atoms with E-state index in [-0.39, 0.29) is 11.9 Å². The number of hydrogen-bond donors (Lipinski definition) is 1. The number of piperazine rings is 1. The molecule has 1 aliphatic rings. The van der Waals surface area contributed by atoms with Crippen LogP contribution in [0.3, 0.4) is 0 Å². The van der Waals surface area contributed by atoms with Gasteiger partial charge in [0.1, 0.15) is 11.0 Å². The van der Waals surface area contributed by atoms with Gasteiger partial charge in [0.05, 0.1) is 0 Å². The first kappa shape index (κ1) is 28.1. The minimum absolute atomic E-state index is 0.0412. The van der Waals surface area contributed by atoms with E-state index in [1.165, 1.54) is 5.56 Å². The summed E-state index contributed by atoms with van der Waals surface area (Å²) >= 11 is 7.92. The molecule has 0 saturated carbocycles. The van der Waals surface area contributed by atoms with Gasteiger partial charge >= 0.3 is 0 Å². The quantitative estimate of drug-likeness (QED) is 0.189. The summed E-state index contributed by atoms with van der Waals surface area (Å²) in [6.07, 6.45) is 4.40. The molecule has 6 nitrogen and oxygen atoms in total. The zero-order chi connectivity index (χ0) is 26.9. The van der Waals surface area contributed by atoms with Gasteiger partial charge in [-0.1, -0.05) is 91.8 Å². The van der Waals surface area contributed by atoms with Gasteiger partial charge in [0.25, 0.3) is 5.91 Å². The van der Waals surface area contributed by atoms with E-state index in [2.05, 4.69) is 70.4 Å². The maximum absolute atomic E-state index is 12.4. The highest BCUT2D eigenvalue weighted by molar-refractivity contribution is 7.98. The maximum atomic E-state index is 12.4. The van der Waals surface area contributed by atoms with Crippen molar-refractivity contribution in [3.8, 4) is 0 Å². The number of aromatic nitrogens is 2. The first-order chi connectivity index (χ1) is 18.4. The first-order valence-electron chi connectivity index (χ1n) is 13.1. The van der Waals surface area contributed by atoms with Crippen LogP contribution in [0.15, 0.2) is 71.9 Å². The Labute approximate surface area is 235 Å². The summed E-state index contributed by atoms with van der Waals surface area (Å²) in [6, 6.07) is 20.1. The second-order valence-corrected chi connectivity index (χ2v) is 11.3. The van der Waals surface area contributed by atoms with Gasteiger partial charge in [-0.2, -0.15) is 0 Å². The smallest absolute Gasteiger partial charge is 0.251 e. The molecule has 0 radical (unpaired) electrons. The van der Waals surface area contributed by atoms with Crippen molar-refractivity contribution in [1.82, 2.24) is 20.2 Å². The number of anilines is 1. The highest BCUT2D eigenvalue weighted by Gasteiger charge is 2.19. The lowest BCUT2D eigenvalue weighted by Gasteiger charge is -2.35. The first-order valence-corrected chi connectivity index (χ1v) is 14.5. The van der Waals surface area contributed by atoms with E-state index in [0.717, 1.165) is 44.1 Å². The number of amides is 1. The minimum Gasteiger partial charge on any atom is -0.354 e. The molecule has 3 aromatic rings. The molecule has 1 aliphatic heterocycles. The topological polar surface area (TPSA) is 61.4 Å². The second kappa shape index (κ2) is 13.8. The molecule has 0 aliphatic carbocycles. The fourth-order valence-corrected chi connectivity index (χ4v) is 5.07. The average Bonchev–Trinajstić information content (AvgIpc) is 2.93. The molecule has 8 heteroatoms. The number of carbonyl (C=O) groups is 1. The van der Waals surface area contributed by atoms with Crippen molar-refractivity contribution in [2.75, 3.05) is 37.6 Å². The fourth-order valence-electron chi connectivity index (χ4n) is 4.03. The number of rotatable bonds is 10. The molecule has 1 aromatic heterocycles. The lowest BCUT2D eigenvalue weighted by atomic mass is 10.1. The molecule has 1 fully saturated rings. The molecule has 1 saturated heterocycles. The Morgan fingerprint density at radius 3 is 2.42 bits per heavy atom. The van der Waals surface area contributed by atoms with Crippen LogP contribution in [0.25, 0.3) is 6.08 Å². The predicted octanol–water partition coefficient (Wildman–Crippen LogP) is 6.03. The molecule has 4 rings (SSSR count). The maximum Gasteiger partial charge on any atom is 0.251 e. The van der Waals surface area contributed by atoms with Gasteiger partial charge < -0.3 is 10.2 Å². The Bertz CT molecular complexity index is 1210. The molecular weight excluding hydrogens is 514 g/mol. The van der Waals surface area contributed by atoms with E-state index in [4.69, 9.17) is 16.6 Å². The van der Waals surface area contributed by atoms with Gasteiger partial charge in [0.2, 0.25) is 0 Å². The summed E-state index contributed by atoms with van der Waals surface area (Å²) in [6.45, 7) is 10.9. The van der Waals surface area contributed by atoms with Crippen molar-refractivity contribution in [2.45, 2.75) is 37.7 Å². The standard InChI is InChI=1S/C30H36ClN5OS/c1-22(2)23(3)32-29(37)26-13-11-25(12-14-26)21-38-30-33-27(31)20-28(34-30)36-18-16-35(17-19-36)15-7-10-24-8-5-4-6-9-24/h4-14,20,22-23H,15-19,21H2,1-3H3,(H,32,37). The Hall–Kier alpha value is -2.87. The molecule has 200 valence electrons. The molecule has 1 N–H and O–H groups in total. The van der Waals surface area contributed by atoms with Gasteiger partial charge in [-0.05, 0) is 36.1 Å². The van der Waals surface area contributed by atoms with Gasteiger partial charge in [-0.3, -0.25) is 9.69 Å². The largest absolute Gasteiger partial charge is 0.354 e. The molecule has 2 heterocycles. The van der Waals surface area contributed by atoms with Crippen LogP contribution in [0, 0.1) is 5.92 Å². The monoisotopic (exact) mass is 549 g/mol. The highest BCUT2D eigenvalue weighted by atomic mass is 35.5. The molecule has 2 aromatic carbocycles. The summed E-state index contributed by atoms with van der Waals surface area (Å²) in [4.78, 5) is 26.4. The number of nitrogens with zero attached hydrogens (tertiary/aromatic N) is 4. The molecule has 1 atom stereocenters. The number of halogens is 1. The minimum atomic E-state index is -0.0412. The second-order valence-electron chi connectivity index (χ2n) is 9.92. The zero-order valence-electron chi connectivity index (χ0n) is 22.3. The van der Waals surface area contributed by atoms with Crippen LogP contribution in [0.4, 0.5) is 5.82 Å². The lowest BCUT2D eigenvalue weighted by Crippen LogP contribution is -2.46. The van der Waals surface area contributed by atoms with E-state index in [1.54, 1.807) is 11.8 Å². The average molecular weight is 550 g/mol. The predicted molar refractivity (Wildman–Crippen MR) is 159 cm³/mol. The van der Waals surface area contributed by atoms with Gasteiger partial charge in [0, 0.05) is 56.1 Å². The Balaban J connectivity index is 1.28. The third kappa shape index (κ3) is 8.32. The number of thioether (sulfide) groups is 1. The van der Waals surface area contributed by atoms with Crippen molar-refractivity contribution >= 4 is 41.2 Å². The van der Waals surface area contributed by atoms with E-state index in [1.807, 2.05) is 43.3 Å². The Morgan fingerprint density at radius 2 is 1.74 bits per heavy atom. The van der Waals surface area contributed by atoms with E-state index in [9.17, 15) is 4.79 Å². The van der Waals surface area contributed by atoms with E-state index in [0.29, 0.717) is 27.5 Å². The normalized spacial score (nSPS) is 15.2. The Kier molecular flexibility index (Phi) is 10.2. The zero-order valence-corrected chi connectivity index (χ0v) is 23.9. The van der Waals surface area contributed by atoms with Crippen LogP contribution < -0.4 is 10.2 Å². The highest BCUT2D eigenvalue weighted by Crippen LogP contribution is 2.25. The number of nitrogens with one attached hydrogen (secondary N) is 1. The van der Waals surface area contributed by atoms with Crippen LogP contribution in [-0.2, 0) is 5.75 Å². The molecule has 1 amide bonds. The van der Waals surface area contributed by atoms with E-state index < -0.39 is 0 Å². The summed E-state index contributed by atoms with van der Waals surface area (Å²) in [7, 11) is 0. The summed E-state index contributed by atoms with van der Waals surface area (Å²) in [5, 5.41) is 4.16. The number of benzene rings is 2. The van der Waals surface area contributed by atoms with Gasteiger partial charge in [-0.25, -0.2) is 9.97 Å². The lowest BCUT2D eigenvalue weighted by molar-refractivity contribution is 0.0930. The van der Waals surface area contributed by atoms with Crippen molar-refractivity contribution in [1.29, 1.82) is 0 Å².